The van der Waals surface area contributed by atoms with Gasteiger partial charge in [0, 0.05) is 10.4 Å². The van der Waals surface area contributed by atoms with Crippen LogP contribution in [0.4, 0.5) is 5.69 Å². The van der Waals surface area contributed by atoms with Crippen molar-refractivity contribution in [2.45, 2.75) is 0 Å². The van der Waals surface area contributed by atoms with Gasteiger partial charge in [-0.25, -0.2) is 0 Å². The van der Waals surface area contributed by atoms with E-state index in [1.165, 1.54) is 4.90 Å². The molecule has 3 aromatic rings. The van der Waals surface area contributed by atoms with Gasteiger partial charge >= 0.3 is 0 Å². The van der Waals surface area contributed by atoms with E-state index >= 15 is 0 Å². The Hall–Kier alpha value is -3.22. The highest BCUT2D eigenvalue weighted by molar-refractivity contribution is 7.80. The van der Waals surface area contributed by atoms with Crippen LogP contribution in [0.15, 0.2) is 66.2 Å². The largest absolute Gasteiger partial charge is 0.496 e. The van der Waals surface area contributed by atoms with Gasteiger partial charge in [0.15, 0.2) is 5.11 Å². The van der Waals surface area contributed by atoms with Crippen LogP contribution in [0, 0.1) is 0 Å². The van der Waals surface area contributed by atoms with Crippen LogP contribution in [0.3, 0.4) is 0 Å². The number of carbonyl (C=O) groups is 2. The summed E-state index contributed by atoms with van der Waals surface area (Å²) < 4.78 is 5.41. The molecule has 0 unspecified atom stereocenters. The van der Waals surface area contributed by atoms with Gasteiger partial charge in [-0.1, -0.05) is 41.9 Å². The number of ether oxygens (including phenoxy) is 1. The molecule has 0 radical (unpaired) electrons. The fraction of sp³-hybridized carbons (Fsp3) is 0.0455. The molecule has 5 nitrogen and oxygen atoms in total. The Bertz CT molecular complexity index is 1190. The fourth-order valence-electron chi connectivity index (χ4n) is 3.24. The van der Waals surface area contributed by atoms with Gasteiger partial charge < -0.3 is 4.74 Å². The molecule has 7 heteroatoms. The van der Waals surface area contributed by atoms with Crippen molar-refractivity contribution in [1.29, 1.82) is 0 Å². The summed E-state index contributed by atoms with van der Waals surface area (Å²) in [5, 5.41) is 4.90. The van der Waals surface area contributed by atoms with E-state index in [1.54, 1.807) is 37.5 Å². The van der Waals surface area contributed by atoms with Crippen molar-refractivity contribution < 1.29 is 14.3 Å². The molecule has 1 saturated heterocycles. The molecule has 0 aromatic heterocycles. The van der Waals surface area contributed by atoms with Gasteiger partial charge in [0.2, 0.25) is 0 Å². The van der Waals surface area contributed by atoms with Crippen LogP contribution in [-0.4, -0.2) is 24.0 Å². The molecule has 1 N–H and O–H groups in total. The molecule has 0 spiro atoms. The Morgan fingerprint density at radius 3 is 2.38 bits per heavy atom. The lowest BCUT2D eigenvalue weighted by atomic mass is 10.00. The predicted octanol–water partition coefficient (Wildman–Crippen LogP) is 4.33. The zero-order valence-corrected chi connectivity index (χ0v) is 16.9. The second kappa shape index (κ2) is 7.66. The zero-order valence-electron chi connectivity index (χ0n) is 15.3. The van der Waals surface area contributed by atoms with E-state index in [2.05, 4.69) is 5.32 Å². The lowest BCUT2D eigenvalue weighted by molar-refractivity contribution is -0.122. The standard InChI is InChI=1S/C22H15ClN2O3S/c1-28-19-11-6-13(16-4-2-3-5-17(16)19)12-18-20(26)24-22(29)25(21(18)27)15-9-7-14(23)8-10-15/h2-12H,1H3,(H,24,26,29). The number of nitrogens with zero attached hydrogens (tertiary/aromatic N) is 1. The Balaban J connectivity index is 1.82. The smallest absolute Gasteiger partial charge is 0.270 e. The van der Waals surface area contributed by atoms with E-state index in [9.17, 15) is 9.59 Å². The van der Waals surface area contributed by atoms with Crippen LogP contribution < -0.4 is 15.0 Å². The summed E-state index contributed by atoms with van der Waals surface area (Å²) in [5.41, 5.74) is 1.24. The molecule has 4 rings (SSSR count). The molecule has 0 saturated carbocycles. The van der Waals surface area contributed by atoms with Crippen molar-refractivity contribution in [2.24, 2.45) is 0 Å². The number of benzene rings is 3. The van der Waals surface area contributed by atoms with Crippen molar-refractivity contribution in [3.63, 3.8) is 0 Å². The number of anilines is 1. The first kappa shape index (κ1) is 19.1. The third-order valence-electron chi connectivity index (χ3n) is 4.62. The van der Waals surface area contributed by atoms with Crippen LogP contribution >= 0.6 is 23.8 Å². The van der Waals surface area contributed by atoms with Crippen molar-refractivity contribution in [1.82, 2.24) is 5.32 Å². The van der Waals surface area contributed by atoms with E-state index in [-0.39, 0.29) is 10.7 Å². The number of nitrogens with one attached hydrogen (secondary N) is 1. The molecule has 1 aliphatic heterocycles. The normalized spacial score (nSPS) is 15.7. The summed E-state index contributed by atoms with van der Waals surface area (Å²) in [4.78, 5) is 27.0. The lowest BCUT2D eigenvalue weighted by Gasteiger charge is -2.29. The molecule has 3 aromatic carbocycles. The molecular weight excluding hydrogens is 408 g/mol. The second-order valence-corrected chi connectivity index (χ2v) is 7.16. The van der Waals surface area contributed by atoms with Crippen LogP contribution in [0.2, 0.25) is 5.02 Å². The third-order valence-corrected chi connectivity index (χ3v) is 5.16. The molecule has 0 aliphatic carbocycles. The molecule has 29 heavy (non-hydrogen) atoms. The maximum Gasteiger partial charge on any atom is 0.270 e. The number of hydrogen-bond acceptors (Lipinski definition) is 4. The van der Waals surface area contributed by atoms with Gasteiger partial charge in [0.1, 0.15) is 11.3 Å². The molecular formula is C22H15ClN2O3S. The maximum atomic E-state index is 13.1. The fourth-order valence-corrected chi connectivity index (χ4v) is 3.64. The van der Waals surface area contributed by atoms with Gasteiger partial charge in [-0.3, -0.25) is 19.8 Å². The van der Waals surface area contributed by atoms with E-state index < -0.39 is 11.8 Å². The third kappa shape index (κ3) is 3.48. The SMILES string of the molecule is COc1ccc(C=C2C(=O)NC(=S)N(c3ccc(Cl)cc3)C2=O)c2ccccc12. The zero-order chi connectivity index (χ0) is 20.5. The lowest BCUT2D eigenvalue weighted by Crippen LogP contribution is -2.54. The minimum Gasteiger partial charge on any atom is -0.496 e. The highest BCUT2D eigenvalue weighted by atomic mass is 35.5. The minimum absolute atomic E-state index is 0.0103. The molecule has 1 heterocycles. The average Bonchev–Trinajstić information content (AvgIpc) is 2.72. The van der Waals surface area contributed by atoms with Crippen molar-refractivity contribution in [3.05, 3.63) is 76.8 Å². The number of halogens is 1. The Morgan fingerprint density at radius 2 is 1.69 bits per heavy atom. The average molecular weight is 423 g/mol. The first-order valence-electron chi connectivity index (χ1n) is 8.72. The van der Waals surface area contributed by atoms with Gasteiger partial charge in [0.05, 0.1) is 12.8 Å². The van der Waals surface area contributed by atoms with Gasteiger partial charge in [-0.15, -0.1) is 0 Å². The number of methoxy groups -OCH3 is 1. The number of fused-ring (bicyclic) bond motifs is 1. The molecule has 0 atom stereocenters. The van der Waals surface area contributed by atoms with Crippen LogP contribution in [0.25, 0.3) is 16.8 Å². The molecule has 1 aliphatic rings. The van der Waals surface area contributed by atoms with Crippen molar-refractivity contribution in [2.75, 3.05) is 12.0 Å². The Morgan fingerprint density at radius 1 is 1.00 bits per heavy atom. The van der Waals surface area contributed by atoms with Crippen LogP contribution in [0.5, 0.6) is 5.75 Å². The summed E-state index contributed by atoms with van der Waals surface area (Å²) in [6.07, 6.45) is 1.57. The quantitative estimate of drug-likeness (QED) is 0.387. The number of rotatable bonds is 3. The number of thiocarbonyl (C=S) groups is 1. The second-order valence-electron chi connectivity index (χ2n) is 6.34. The monoisotopic (exact) mass is 422 g/mol. The van der Waals surface area contributed by atoms with Gasteiger partial charge in [-0.05, 0) is 59.6 Å². The summed E-state index contributed by atoms with van der Waals surface area (Å²) in [5.74, 6) is -0.322. The minimum atomic E-state index is -0.537. The highest BCUT2D eigenvalue weighted by Crippen LogP contribution is 2.30. The summed E-state index contributed by atoms with van der Waals surface area (Å²) in [6.45, 7) is 0. The van der Waals surface area contributed by atoms with Crippen LogP contribution in [-0.2, 0) is 9.59 Å². The molecule has 0 bridgehead atoms. The molecule has 1 fully saturated rings. The number of hydrogen-bond donors (Lipinski definition) is 1. The summed E-state index contributed by atoms with van der Waals surface area (Å²) in [7, 11) is 1.60. The van der Waals surface area contributed by atoms with Gasteiger partial charge in [-0.2, -0.15) is 0 Å². The summed E-state index contributed by atoms with van der Waals surface area (Å²) >= 11 is 11.2. The number of carbonyl (C=O) groups excluding carboxylic acids is 2. The van der Waals surface area contributed by atoms with E-state index in [0.717, 1.165) is 16.3 Å². The molecule has 2 amide bonds. The predicted molar refractivity (Wildman–Crippen MR) is 118 cm³/mol. The maximum absolute atomic E-state index is 13.1. The first-order chi connectivity index (χ1) is 14.0. The van der Waals surface area contributed by atoms with E-state index in [0.29, 0.717) is 16.5 Å². The highest BCUT2D eigenvalue weighted by Gasteiger charge is 2.34. The molecule has 144 valence electrons. The Kier molecular flexibility index (Phi) is 5.05. The van der Waals surface area contributed by atoms with E-state index in [1.807, 2.05) is 36.4 Å². The van der Waals surface area contributed by atoms with Crippen molar-refractivity contribution >= 4 is 63.3 Å². The number of amides is 2. The van der Waals surface area contributed by atoms with Crippen molar-refractivity contribution in [3.8, 4) is 5.75 Å². The topological polar surface area (TPSA) is 58.6 Å². The van der Waals surface area contributed by atoms with Gasteiger partial charge in [0.25, 0.3) is 11.8 Å². The Labute approximate surface area is 177 Å². The van der Waals surface area contributed by atoms with Crippen LogP contribution in [0.1, 0.15) is 5.56 Å². The summed E-state index contributed by atoms with van der Waals surface area (Å²) in [6, 6.07) is 17.9. The first-order valence-corrected chi connectivity index (χ1v) is 9.51. The van der Waals surface area contributed by atoms with E-state index in [4.69, 9.17) is 28.6 Å².